The maximum atomic E-state index is 12.2. The van der Waals surface area contributed by atoms with Gasteiger partial charge in [0.05, 0.1) is 35.8 Å². The Labute approximate surface area is 181 Å². The molecule has 4 aliphatic rings. The second kappa shape index (κ2) is 6.64. The van der Waals surface area contributed by atoms with E-state index in [0.717, 1.165) is 5.56 Å². The Bertz CT molecular complexity index is 910. The molecule has 0 bridgehead atoms. The van der Waals surface area contributed by atoms with Gasteiger partial charge in [-0.15, -0.1) is 0 Å². The number of rotatable bonds is 1. The Kier molecular flexibility index (Phi) is 4.62. The monoisotopic (exact) mass is 434 g/mol. The molecule has 10 atom stereocenters. The molecule has 31 heavy (non-hydrogen) atoms. The van der Waals surface area contributed by atoms with Crippen LogP contribution >= 0.6 is 0 Å². The summed E-state index contributed by atoms with van der Waals surface area (Å²) in [6.45, 7) is 3.89. The predicted molar refractivity (Wildman–Crippen MR) is 111 cm³/mol. The highest BCUT2D eigenvalue weighted by molar-refractivity contribution is 5.30. The van der Waals surface area contributed by atoms with E-state index in [2.05, 4.69) is 0 Å². The van der Waals surface area contributed by atoms with E-state index >= 15 is 0 Å². The lowest BCUT2D eigenvalue weighted by Crippen LogP contribution is -2.73. The molecule has 0 aliphatic heterocycles. The SMILES string of the molecule is C[C@]12[C@H](O)CC3C(C(O)C[C@]4(O)C[C@@H](O)CC[C@]34C)[C@@]1(O)CC[C@@H]2c1ccc(=O)oc1. The van der Waals surface area contributed by atoms with Crippen LogP contribution < -0.4 is 5.63 Å². The van der Waals surface area contributed by atoms with Crippen LogP contribution in [0.5, 0.6) is 0 Å². The fraction of sp³-hybridized carbons (Fsp3) is 0.792. The van der Waals surface area contributed by atoms with Crippen molar-refractivity contribution < 1.29 is 29.9 Å². The van der Waals surface area contributed by atoms with E-state index in [-0.39, 0.29) is 24.7 Å². The van der Waals surface area contributed by atoms with Crippen molar-refractivity contribution in [2.75, 3.05) is 0 Å². The van der Waals surface area contributed by atoms with Gasteiger partial charge in [0, 0.05) is 30.2 Å². The van der Waals surface area contributed by atoms with Crippen LogP contribution in [-0.2, 0) is 0 Å². The summed E-state index contributed by atoms with van der Waals surface area (Å²) in [5.41, 5.74) is -3.75. The van der Waals surface area contributed by atoms with Gasteiger partial charge in [-0.05, 0) is 61.0 Å². The summed E-state index contributed by atoms with van der Waals surface area (Å²) in [6, 6.07) is 3.06. The minimum atomic E-state index is -1.32. The molecule has 0 spiro atoms. The molecular weight excluding hydrogens is 400 g/mol. The third kappa shape index (κ3) is 2.61. The van der Waals surface area contributed by atoms with E-state index in [0.29, 0.717) is 32.1 Å². The van der Waals surface area contributed by atoms with Gasteiger partial charge in [0.1, 0.15) is 0 Å². The first-order chi connectivity index (χ1) is 14.5. The number of fused-ring (bicyclic) bond motifs is 5. The summed E-state index contributed by atoms with van der Waals surface area (Å²) in [7, 11) is 0. The van der Waals surface area contributed by atoms with Crippen molar-refractivity contribution in [2.24, 2.45) is 22.7 Å². The number of hydrogen-bond acceptors (Lipinski definition) is 7. The maximum Gasteiger partial charge on any atom is 0.335 e. The van der Waals surface area contributed by atoms with Crippen LogP contribution in [0.3, 0.4) is 0 Å². The molecular formula is C24H34O7. The zero-order valence-electron chi connectivity index (χ0n) is 18.2. The molecule has 0 aromatic carbocycles. The minimum Gasteiger partial charge on any atom is -0.431 e. The molecule has 0 amide bonds. The Hall–Kier alpha value is -1.25. The predicted octanol–water partition coefficient (Wildman–Crippen LogP) is 1.30. The van der Waals surface area contributed by atoms with E-state index in [1.54, 1.807) is 6.07 Å². The van der Waals surface area contributed by atoms with E-state index < -0.39 is 51.9 Å². The number of hydrogen-bond donors (Lipinski definition) is 5. The van der Waals surface area contributed by atoms with Crippen LogP contribution in [0.1, 0.15) is 70.3 Å². The molecule has 5 rings (SSSR count). The normalized spacial score (nSPS) is 54.0. The van der Waals surface area contributed by atoms with Crippen molar-refractivity contribution >= 4 is 0 Å². The molecule has 7 heteroatoms. The average Bonchev–Trinajstić information content (AvgIpc) is 2.97. The summed E-state index contributed by atoms with van der Waals surface area (Å²) in [5.74, 6) is -0.969. The van der Waals surface area contributed by atoms with Gasteiger partial charge in [-0.3, -0.25) is 0 Å². The molecule has 4 aliphatic carbocycles. The summed E-state index contributed by atoms with van der Waals surface area (Å²) >= 11 is 0. The summed E-state index contributed by atoms with van der Waals surface area (Å²) < 4.78 is 5.08. The molecule has 1 aromatic rings. The zero-order valence-corrected chi connectivity index (χ0v) is 18.2. The van der Waals surface area contributed by atoms with Crippen molar-refractivity contribution in [3.05, 3.63) is 34.4 Å². The Morgan fingerprint density at radius 2 is 1.77 bits per heavy atom. The van der Waals surface area contributed by atoms with E-state index in [1.807, 2.05) is 13.8 Å². The topological polar surface area (TPSA) is 131 Å². The molecule has 5 N–H and O–H groups in total. The third-order valence-corrected chi connectivity index (χ3v) is 10.2. The average molecular weight is 435 g/mol. The first-order valence-electron chi connectivity index (χ1n) is 11.5. The fourth-order valence-corrected chi connectivity index (χ4v) is 8.31. The Balaban J connectivity index is 1.58. The van der Waals surface area contributed by atoms with E-state index in [1.165, 1.54) is 12.3 Å². The highest BCUT2D eigenvalue weighted by Crippen LogP contribution is 2.71. The van der Waals surface area contributed by atoms with E-state index in [4.69, 9.17) is 4.42 Å². The molecule has 7 nitrogen and oxygen atoms in total. The molecule has 1 aromatic heterocycles. The number of aliphatic hydroxyl groups excluding tert-OH is 3. The van der Waals surface area contributed by atoms with Gasteiger partial charge in [-0.1, -0.05) is 13.8 Å². The lowest BCUT2D eigenvalue weighted by atomic mass is 9.40. The largest absolute Gasteiger partial charge is 0.431 e. The van der Waals surface area contributed by atoms with Crippen molar-refractivity contribution in [1.29, 1.82) is 0 Å². The zero-order chi connectivity index (χ0) is 22.4. The van der Waals surface area contributed by atoms with Crippen molar-refractivity contribution in [3.63, 3.8) is 0 Å². The molecule has 172 valence electrons. The highest BCUT2D eigenvalue weighted by atomic mass is 16.4. The van der Waals surface area contributed by atoms with Crippen LogP contribution in [0.15, 0.2) is 27.6 Å². The quantitative estimate of drug-likeness (QED) is 0.450. The van der Waals surface area contributed by atoms with Crippen molar-refractivity contribution in [1.82, 2.24) is 0 Å². The van der Waals surface area contributed by atoms with E-state index in [9.17, 15) is 30.3 Å². The molecule has 4 saturated carbocycles. The van der Waals surface area contributed by atoms with Crippen molar-refractivity contribution in [3.8, 4) is 0 Å². The summed E-state index contributed by atoms with van der Waals surface area (Å²) in [4.78, 5) is 11.4. The molecule has 3 unspecified atom stereocenters. The highest BCUT2D eigenvalue weighted by Gasteiger charge is 2.74. The molecule has 1 heterocycles. The fourth-order valence-electron chi connectivity index (χ4n) is 8.31. The molecule has 0 radical (unpaired) electrons. The number of aliphatic hydroxyl groups is 5. The van der Waals surface area contributed by atoms with Gasteiger partial charge >= 0.3 is 5.63 Å². The lowest BCUT2D eigenvalue weighted by molar-refractivity contribution is -0.300. The van der Waals surface area contributed by atoms with Crippen LogP contribution in [0.2, 0.25) is 0 Å². The second-order valence-corrected chi connectivity index (χ2v) is 11.2. The van der Waals surface area contributed by atoms with Gasteiger partial charge in [0.2, 0.25) is 0 Å². The Morgan fingerprint density at radius 3 is 2.45 bits per heavy atom. The second-order valence-electron chi connectivity index (χ2n) is 11.2. The summed E-state index contributed by atoms with van der Waals surface area (Å²) in [5, 5.41) is 56.7. The lowest BCUT2D eigenvalue weighted by Gasteiger charge is -2.68. The first-order valence-corrected chi connectivity index (χ1v) is 11.5. The van der Waals surface area contributed by atoms with Crippen LogP contribution in [-0.4, -0.2) is 55.0 Å². The van der Waals surface area contributed by atoms with Crippen LogP contribution in [0, 0.1) is 22.7 Å². The van der Waals surface area contributed by atoms with Crippen molar-refractivity contribution in [2.45, 2.75) is 94.2 Å². The standard InChI is InChI=1S/C24H34O7/c1-21-7-5-14(25)10-23(21,29)11-17(26)20-16(21)9-18(27)22(2)15(6-8-24(20,22)30)13-3-4-19(28)31-12-13/h3-4,12,14-18,20,25-27,29-30H,5-11H2,1-2H3/t14-,15+,16?,17?,18+,20?,21+,22-,23+,24-/m0/s1. The third-order valence-electron chi connectivity index (χ3n) is 10.2. The minimum absolute atomic E-state index is 0.112. The Morgan fingerprint density at radius 1 is 1.03 bits per heavy atom. The van der Waals surface area contributed by atoms with Gasteiger partial charge in [-0.2, -0.15) is 0 Å². The smallest absolute Gasteiger partial charge is 0.335 e. The first kappa shape index (κ1) is 21.6. The van der Waals surface area contributed by atoms with Gasteiger partial charge in [0.15, 0.2) is 0 Å². The molecule has 4 fully saturated rings. The maximum absolute atomic E-state index is 12.2. The van der Waals surface area contributed by atoms with Gasteiger partial charge in [0.25, 0.3) is 0 Å². The van der Waals surface area contributed by atoms with Gasteiger partial charge in [-0.25, -0.2) is 4.79 Å². The van der Waals surface area contributed by atoms with Gasteiger partial charge < -0.3 is 29.9 Å². The van der Waals surface area contributed by atoms with Crippen LogP contribution in [0.25, 0.3) is 0 Å². The van der Waals surface area contributed by atoms with Crippen LogP contribution in [0.4, 0.5) is 0 Å². The summed E-state index contributed by atoms with van der Waals surface area (Å²) in [6.07, 6.45) is 1.89. The molecule has 0 saturated heterocycles.